The molecule has 0 aliphatic heterocycles. The van der Waals surface area contributed by atoms with E-state index in [-0.39, 0.29) is 24.5 Å². The molecular weight excluding hydrogens is 782 g/mol. The number of nitrogens with two attached hydrogens (primary N) is 2. The van der Waals surface area contributed by atoms with Gasteiger partial charge in [-0.3, -0.25) is 33.6 Å². The molecule has 0 spiro atoms. The van der Waals surface area contributed by atoms with Crippen LogP contribution in [-0.4, -0.2) is 125 Å². The molecule has 0 radical (unpaired) electrons. The second-order valence-electron chi connectivity index (χ2n) is 15.7. The molecule has 0 heterocycles. The molecule has 0 aliphatic rings. The van der Waals surface area contributed by atoms with Crippen LogP contribution in [-0.2, 0) is 44.8 Å². The lowest BCUT2D eigenvalue weighted by Crippen LogP contribution is -2.61. The summed E-state index contributed by atoms with van der Waals surface area (Å²) in [5, 5.41) is 45.9. The number of aliphatic carboxylic acids is 1. The van der Waals surface area contributed by atoms with Crippen LogP contribution in [0.15, 0.2) is 24.3 Å². The summed E-state index contributed by atoms with van der Waals surface area (Å²) >= 11 is 0. The molecule has 20 nitrogen and oxygen atoms in total. The van der Waals surface area contributed by atoms with Crippen molar-refractivity contribution >= 4 is 47.3 Å². The van der Waals surface area contributed by atoms with Gasteiger partial charge in [0, 0.05) is 6.42 Å². The van der Waals surface area contributed by atoms with Crippen LogP contribution < -0.4 is 48.7 Å². The van der Waals surface area contributed by atoms with E-state index in [1.165, 1.54) is 19.1 Å². The number of nitrogens with one attached hydrogen (secondary N) is 7. The Morgan fingerprint density at radius 1 is 0.683 bits per heavy atom. The van der Waals surface area contributed by atoms with Crippen molar-refractivity contribution in [3.63, 3.8) is 0 Å². The number of aromatic hydroxyl groups is 1. The van der Waals surface area contributed by atoms with E-state index in [2.05, 4.69) is 37.2 Å². The SMILES string of the molecule is CC[C@H](C)[C@H](NC(=O)[C@@H](NC(=O)[C@H](CCCCN)NC(=O)[C@H](Cc1ccc(O)cc1)NC(=O)CNC(=O)[C@@H](N)CC(C)C)C(C)C)C(=O)N[C@@H](C)C(=O)N[C@@H](CO)C(=O)O. The molecule has 7 amide bonds. The van der Waals surface area contributed by atoms with Crippen molar-refractivity contribution in [2.75, 3.05) is 19.7 Å². The summed E-state index contributed by atoms with van der Waals surface area (Å²) in [6.07, 6.45) is 1.75. The number of carboxylic acid groups (broad SMARTS) is 1. The van der Waals surface area contributed by atoms with E-state index in [1.54, 1.807) is 39.8 Å². The topological polar surface area (TPSA) is 334 Å². The molecule has 1 aromatic carbocycles. The van der Waals surface area contributed by atoms with E-state index < -0.39 is 115 Å². The maximum Gasteiger partial charge on any atom is 0.328 e. The Morgan fingerprint density at radius 2 is 1.25 bits per heavy atom. The molecule has 60 heavy (non-hydrogen) atoms. The summed E-state index contributed by atoms with van der Waals surface area (Å²) in [6.45, 7) is 10.8. The zero-order valence-electron chi connectivity index (χ0n) is 35.7. The third-order valence-corrected chi connectivity index (χ3v) is 9.68. The zero-order chi connectivity index (χ0) is 45.7. The van der Waals surface area contributed by atoms with Gasteiger partial charge < -0.3 is 64.0 Å². The monoisotopic (exact) mass is 849 g/mol. The van der Waals surface area contributed by atoms with Gasteiger partial charge in [-0.1, -0.05) is 60.1 Å². The summed E-state index contributed by atoms with van der Waals surface area (Å²) in [5.41, 5.74) is 12.2. The van der Waals surface area contributed by atoms with Crippen molar-refractivity contribution in [1.82, 2.24) is 37.2 Å². The molecule has 0 aromatic heterocycles. The third-order valence-electron chi connectivity index (χ3n) is 9.68. The van der Waals surface area contributed by atoms with E-state index in [0.29, 0.717) is 37.8 Å². The van der Waals surface area contributed by atoms with Gasteiger partial charge in [0.05, 0.1) is 19.2 Å². The van der Waals surface area contributed by atoms with Gasteiger partial charge in [-0.2, -0.15) is 0 Å². The third kappa shape index (κ3) is 18.7. The van der Waals surface area contributed by atoms with Gasteiger partial charge >= 0.3 is 5.97 Å². The number of carbonyl (C=O) groups is 8. The average molecular weight is 850 g/mol. The lowest BCUT2D eigenvalue weighted by Gasteiger charge is -2.30. The molecule has 8 atom stereocenters. The van der Waals surface area contributed by atoms with E-state index in [1.807, 2.05) is 13.8 Å². The first-order chi connectivity index (χ1) is 28.1. The number of hydrogen-bond acceptors (Lipinski definition) is 12. The number of aliphatic hydroxyl groups is 1. The fourth-order valence-electron chi connectivity index (χ4n) is 5.85. The molecule has 0 saturated carbocycles. The highest BCUT2D eigenvalue weighted by Crippen LogP contribution is 2.14. The molecule has 20 heteroatoms. The average Bonchev–Trinajstić information content (AvgIpc) is 3.18. The highest BCUT2D eigenvalue weighted by Gasteiger charge is 2.35. The van der Waals surface area contributed by atoms with Crippen molar-refractivity contribution in [1.29, 1.82) is 0 Å². The Morgan fingerprint density at radius 3 is 1.78 bits per heavy atom. The first kappa shape index (κ1) is 52.7. The number of carbonyl (C=O) groups excluding carboxylic acids is 7. The number of benzene rings is 1. The smallest absolute Gasteiger partial charge is 0.328 e. The molecule has 0 saturated heterocycles. The van der Waals surface area contributed by atoms with Crippen LogP contribution in [0.25, 0.3) is 0 Å². The predicted molar refractivity (Wildman–Crippen MR) is 221 cm³/mol. The number of unbranched alkanes of at least 4 members (excludes halogenated alkanes) is 1. The molecule has 1 aromatic rings. The highest BCUT2D eigenvalue weighted by molar-refractivity contribution is 5.97. The maximum atomic E-state index is 13.9. The standard InChI is InChI=1S/C40H67N9O11/c1-8-23(6)33(39(58)44-24(7)34(53)47-30(20-50)40(59)60)49-38(57)32(22(4)5)48-36(55)28(11-9-10-16-41)46-37(56)29(18-25-12-14-26(51)15-13-25)45-31(52)19-43-35(54)27(42)17-21(2)3/h12-15,21-24,27-30,32-33,50-51H,8-11,16-20,41-42H2,1-7H3,(H,43,54)(H,44,58)(H,45,52)(H,46,56)(H,47,53)(H,48,55)(H,49,57)(H,59,60)/t23-,24-,27-,28-,29-,30-,32-,33-/m0/s1. The van der Waals surface area contributed by atoms with E-state index in [9.17, 15) is 48.6 Å². The Balaban J connectivity index is 3.29. The number of phenolic OH excluding ortho intramolecular Hbond substituents is 1. The van der Waals surface area contributed by atoms with Crippen LogP contribution in [0.1, 0.15) is 86.1 Å². The molecule has 338 valence electrons. The minimum Gasteiger partial charge on any atom is -0.508 e. The minimum absolute atomic E-state index is 0.0207. The number of amides is 7. The van der Waals surface area contributed by atoms with Gasteiger partial charge in [0.25, 0.3) is 0 Å². The number of aliphatic hydroxyl groups excluding tert-OH is 1. The predicted octanol–water partition coefficient (Wildman–Crippen LogP) is -1.74. The van der Waals surface area contributed by atoms with Crippen LogP contribution in [0.5, 0.6) is 5.75 Å². The Bertz CT molecular complexity index is 1590. The van der Waals surface area contributed by atoms with Crippen molar-refractivity contribution in [2.24, 2.45) is 29.2 Å². The lowest BCUT2D eigenvalue weighted by atomic mass is 9.96. The summed E-state index contributed by atoms with van der Waals surface area (Å²) in [5.74, 6) is -7.46. The first-order valence-electron chi connectivity index (χ1n) is 20.3. The van der Waals surface area contributed by atoms with Gasteiger partial charge in [-0.05, 0) is 74.6 Å². The maximum absolute atomic E-state index is 13.9. The Hall–Kier alpha value is -5.34. The number of carboxylic acids is 1. The van der Waals surface area contributed by atoms with Gasteiger partial charge in [0.2, 0.25) is 41.4 Å². The zero-order valence-corrected chi connectivity index (χ0v) is 35.7. The van der Waals surface area contributed by atoms with Crippen LogP contribution in [0.2, 0.25) is 0 Å². The van der Waals surface area contributed by atoms with Crippen LogP contribution in [0.3, 0.4) is 0 Å². The molecule has 0 fully saturated rings. The van der Waals surface area contributed by atoms with Crippen molar-refractivity contribution < 1.29 is 53.7 Å². The van der Waals surface area contributed by atoms with Gasteiger partial charge in [-0.15, -0.1) is 0 Å². The van der Waals surface area contributed by atoms with E-state index >= 15 is 0 Å². The van der Waals surface area contributed by atoms with Crippen molar-refractivity contribution in [3.05, 3.63) is 29.8 Å². The van der Waals surface area contributed by atoms with E-state index in [0.717, 1.165) is 0 Å². The molecular formula is C40H67N9O11. The first-order valence-corrected chi connectivity index (χ1v) is 20.3. The van der Waals surface area contributed by atoms with Crippen molar-refractivity contribution in [2.45, 2.75) is 129 Å². The summed E-state index contributed by atoms with van der Waals surface area (Å²) in [6, 6.07) is -2.63. The second kappa shape index (κ2) is 26.7. The lowest BCUT2D eigenvalue weighted by molar-refractivity contribution is -0.143. The summed E-state index contributed by atoms with van der Waals surface area (Å²) < 4.78 is 0. The molecule has 14 N–H and O–H groups in total. The molecule has 0 aliphatic carbocycles. The molecule has 1 rings (SSSR count). The largest absolute Gasteiger partial charge is 0.508 e. The summed E-state index contributed by atoms with van der Waals surface area (Å²) in [7, 11) is 0. The minimum atomic E-state index is -1.59. The fourth-order valence-corrected chi connectivity index (χ4v) is 5.85. The normalized spacial score (nSPS) is 15.2. The van der Waals surface area contributed by atoms with Crippen LogP contribution >= 0.6 is 0 Å². The summed E-state index contributed by atoms with van der Waals surface area (Å²) in [4.78, 5) is 104. The fraction of sp³-hybridized carbons (Fsp3) is 0.650. The number of rotatable bonds is 27. The number of hydrogen-bond donors (Lipinski definition) is 12. The number of phenols is 1. The van der Waals surface area contributed by atoms with Gasteiger partial charge in [0.1, 0.15) is 42.0 Å². The van der Waals surface area contributed by atoms with Crippen LogP contribution in [0, 0.1) is 17.8 Å². The molecule has 0 bridgehead atoms. The second-order valence-corrected chi connectivity index (χ2v) is 15.7. The Labute approximate surface area is 351 Å². The Kier molecular flexibility index (Phi) is 23.4. The van der Waals surface area contributed by atoms with Crippen molar-refractivity contribution in [3.8, 4) is 5.75 Å². The quantitative estimate of drug-likeness (QED) is 0.0438. The highest BCUT2D eigenvalue weighted by atomic mass is 16.4. The van der Waals surface area contributed by atoms with Gasteiger partial charge in [-0.25, -0.2) is 4.79 Å². The van der Waals surface area contributed by atoms with Gasteiger partial charge in [0.15, 0.2) is 0 Å². The van der Waals surface area contributed by atoms with Crippen LogP contribution in [0.4, 0.5) is 0 Å². The molecule has 0 unspecified atom stereocenters. The van der Waals surface area contributed by atoms with E-state index in [4.69, 9.17) is 16.6 Å².